The van der Waals surface area contributed by atoms with E-state index in [1.807, 2.05) is 6.07 Å². The molecule has 1 atom stereocenters. The Balaban J connectivity index is 1.31. The fraction of sp³-hybridized carbons (Fsp3) is 0.469. The van der Waals surface area contributed by atoms with E-state index in [1.165, 1.54) is 18.1 Å². The number of furan rings is 1. The van der Waals surface area contributed by atoms with E-state index in [0.717, 1.165) is 36.9 Å². The van der Waals surface area contributed by atoms with Gasteiger partial charge in [0.1, 0.15) is 17.1 Å². The van der Waals surface area contributed by atoms with Crippen LogP contribution in [0.25, 0.3) is 11.1 Å². The highest BCUT2D eigenvalue weighted by Crippen LogP contribution is 2.38. The van der Waals surface area contributed by atoms with Crippen molar-refractivity contribution in [1.29, 1.82) is 0 Å². The molecule has 0 unspecified atom stereocenters. The lowest BCUT2D eigenvalue weighted by Crippen LogP contribution is -2.46. The van der Waals surface area contributed by atoms with Crippen LogP contribution < -0.4 is 15.0 Å². The van der Waals surface area contributed by atoms with Gasteiger partial charge in [0.2, 0.25) is 0 Å². The van der Waals surface area contributed by atoms with E-state index in [1.54, 1.807) is 39.0 Å². The van der Waals surface area contributed by atoms with Gasteiger partial charge in [0.15, 0.2) is 29.4 Å². The number of hydrogen-bond donors (Lipinski definition) is 1. The Bertz CT molecular complexity index is 1730. The number of esters is 1. The molecule has 0 spiro atoms. The van der Waals surface area contributed by atoms with E-state index in [0.29, 0.717) is 16.7 Å². The first-order valence-electron chi connectivity index (χ1n) is 15.1. The van der Waals surface area contributed by atoms with Crippen molar-refractivity contribution in [2.75, 3.05) is 58.5 Å². The number of benzene rings is 1. The number of nitrogens with zero attached hydrogens (tertiary/aromatic N) is 5. The zero-order valence-corrected chi connectivity index (χ0v) is 26.5. The van der Waals surface area contributed by atoms with Gasteiger partial charge in [-0.2, -0.15) is 0 Å². The zero-order valence-electron chi connectivity index (χ0n) is 26.5. The first-order valence-corrected chi connectivity index (χ1v) is 15.1. The maximum absolute atomic E-state index is 15.0. The second kappa shape index (κ2) is 11.6. The normalized spacial score (nSPS) is 20.5. The van der Waals surface area contributed by atoms with Crippen LogP contribution in [-0.4, -0.2) is 97.1 Å². The highest BCUT2D eigenvalue weighted by atomic mass is 19.1. The minimum absolute atomic E-state index is 0.0338. The number of hydrogen-bond acceptors (Lipinski definition) is 10. The highest BCUT2D eigenvalue weighted by Gasteiger charge is 2.55. The summed E-state index contributed by atoms with van der Waals surface area (Å²) in [7, 11) is 3.39. The third-order valence-corrected chi connectivity index (χ3v) is 8.75. The van der Waals surface area contributed by atoms with Crippen LogP contribution in [0.15, 0.2) is 34.7 Å². The average molecular weight is 637 g/mol. The minimum Gasteiger partial charge on any atom is -0.494 e. The van der Waals surface area contributed by atoms with Crippen LogP contribution in [0.1, 0.15) is 48.9 Å². The number of fused-ring (bicyclic) bond motifs is 2. The molecule has 1 N–H and O–H groups in total. The molecule has 4 amide bonds. The van der Waals surface area contributed by atoms with Crippen molar-refractivity contribution in [2.24, 2.45) is 5.41 Å². The monoisotopic (exact) mass is 636 g/mol. The Morgan fingerprint density at radius 3 is 2.54 bits per heavy atom. The van der Waals surface area contributed by atoms with Crippen LogP contribution in [-0.2, 0) is 26.4 Å². The number of piperazine rings is 1. The van der Waals surface area contributed by atoms with Gasteiger partial charge >= 0.3 is 12.0 Å². The van der Waals surface area contributed by atoms with Crippen LogP contribution in [0.4, 0.5) is 15.0 Å². The number of amides is 4. The number of urea groups is 1. The summed E-state index contributed by atoms with van der Waals surface area (Å²) in [6.45, 7) is 7.85. The second-order valence-corrected chi connectivity index (χ2v) is 12.9. The average Bonchev–Trinajstić information content (AvgIpc) is 3.66. The van der Waals surface area contributed by atoms with Crippen molar-refractivity contribution in [3.05, 3.63) is 53.0 Å². The molecule has 3 aliphatic rings. The zero-order chi connectivity index (χ0) is 33.0. The number of aromatic nitrogens is 1. The number of likely N-dealkylation sites (N-methyl/N-ethyl adjacent to an activating group) is 1. The van der Waals surface area contributed by atoms with Gasteiger partial charge in [-0.05, 0) is 51.6 Å². The van der Waals surface area contributed by atoms with Crippen LogP contribution in [0.3, 0.4) is 0 Å². The van der Waals surface area contributed by atoms with Crippen LogP contribution in [0.2, 0.25) is 0 Å². The topological polar surface area (TPSA) is 138 Å². The van der Waals surface area contributed by atoms with Crippen molar-refractivity contribution in [3.8, 4) is 5.75 Å². The van der Waals surface area contributed by atoms with Crippen LogP contribution >= 0.6 is 0 Å². The number of carbonyl (C=O) groups excluding carboxylic acids is 4. The molecule has 46 heavy (non-hydrogen) atoms. The van der Waals surface area contributed by atoms with Crippen molar-refractivity contribution in [1.82, 2.24) is 25.0 Å². The molecule has 0 radical (unpaired) electrons. The molecular weight excluding hydrogens is 599 g/mol. The number of imide groups is 1. The van der Waals surface area contributed by atoms with Crippen molar-refractivity contribution in [3.63, 3.8) is 0 Å². The second-order valence-electron chi connectivity index (χ2n) is 12.9. The maximum Gasteiger partial charge on any atom is 0.328 e. The van der Waals surface area contributed by atoms with Crippen molar-refractivity contribution in [2.45, 2.75) is 39.3 Å². The molecular formula is C32H37FN6O7. The molecule has 14 heteroatoms. The SMILES string of the molecule is COc1ccc2c(c1F)C(=O)N(CC[C@@]1(c3cc4nc(N5CCN(C)CC5)ccc4o3)NC(=O)N(COC(=O)C(C)(C)C)C1=O)C2. The summed E-state index contributed by atoms with van der Waals surface area (Å²) in [5.41, 5.74) is -1.32. The molecule has 1 aromatic carbocycles. The van der Waals surface area contributed by atoms with E-state index in [2.05, 4.69) is 22.2 Å². The molecule has 13 nitrogen and oxygen atoms in total. The van der Waals surface area contributed by atoms with E-state index in [-0.39, 0.29) is 36.6 Å². The van der Waals surface area contributed by atoms with Gasteiger partial charge in [-0.15, -0.1) is 0 Å². The Labute approximate surface area is 265 Å². The van der Waals surface area contributed by atoms with Gasteiger partial charge in [0.05, 0.1) is 18.1 Å². The highest BCUT2D eigenvalue weighted by molar-refractivity contribution is 6.07. The lowest BCUT2D eigenvalue weighted by molar-refractivity contribution is -0.158. The smallest absolute Gasteiger partial charge is 0.328 e. The fourth-order valence-electron chi connectivity index (χ4n) is 5.91. The molecule has 3 aliphatic heterocycles. The molecule has 0 bridgehead atoms. The van der Waals surface area contributed by atoms with Gasteiger partial charge in [-0.3, -0.25) is 14.4 Å². The number of methoxy groups -OCH3 is 1. The van der Waals surface area contributed by atoms with E-state index >= 15 is 4.39 Å². The molecule has 5 heterocycles. The van der Waals surface area contributed by atoms with E-state index in [4.69, 9.17) is 18.9 Å². The summed E-state index contributed by atoms with van der Waals surface area (Å²) >= 11 is 0. The summed E-state index contributed by atoms with van der Waals surface area (Å²) in [5.74, 6) is -1.78. The van der Waals surface area contributed by atoms with E-state index in [9.17, 15) is 19.2 Å². The van der Waals surface area contributed by atoms with Gasteiger partial charge < -0.3 is 33.9 Å². The van der Waals surface area contributed by atoms with Gasteiger partial charge in [0, 0.05) is 51.8 Å². The standard InChI is InChI=1S/C32H37FN6O7/c1-31(2,3)29(42)45-18-39-28(41)32(35-30(39)43,10-11-38-17-19-6-7-22(44-5)26(33)25(19)27(38)40)23-16-20-21(46-23)8-9-24(34-20)37-14-12-36(4)13-15-37/h6-9,16H,10-15,17-18H2,1-5H3,(H,35,43)/t32-/m0/s1. The predicted molar refractivity (Wildman–Crippen MR) is 163 cm³/mol. The minimum atomic E-state index is -1.76. The molecule has 244 valence electrons. The van der Waals surface area contributed by atoms with E-state index < -0.39 is 47.3 Å². The lowest BCUT2D eigenvalue weighted by Gasteiger charge is -2.33. The number of carbonyl (C=O) groups is 4. The Kier molecular flexibility index (Phi) is 7.87. The number of pyridine rings is 1. The van der Waals surface area contributed by atoms with Crippen LogP contribution in [0, 0.1) is 11.2 Å². The quantitative estimate of drug-likeness (QED) is 0.290. The van der Waals surface area contributed by atoms with Gasteiger partial charge in [-0.25, -0.2) is 19.1 Å². The summed E-state index contributed by atoms with van der Waals surface area (Å²) < 4.78 is 31.6. The maximum atomic E-state index is 15.0. The number of ether oxygens (including phenoxy) is 2. The summed E-state index contributed by atoms with van der Waals surface area (Å²) in [6, 6.07) is 7.54. The first-order chi connectivity index (χ1) is 21.8. The Morgan fingerprint density at radius 2 is 1.85 bits per heavy atom. The summed E-state index contributed by atoms with van der Waals surface area (Å²) in [6.07, 6.45) is -0.106. The third-order valence-electron chi connectivity index (χ3n) is 8.75. The Hall–Kier alpha value is -4.72. The molecule has 2 saturated heterocycles. The summed E-state index contributed by atoms with van der Waals surface area (Å²) in [4.78, 5) is 64.6. The molecule has 6 rings (SSSR count). The van der Waals surface area contributed by atoms with Crippen molar-refractivity contribution < 1.29 is 37.5 Å². The number of nitrogens with one attached hydrogen (secondary N) is 1. The third kappa shape index (κ3) is 5.40. The van der Waals surface area contributed by atoms with Crippen LogP contribution in [0.5, 0.6) is 5.75 Å². The van der Waals surface area contributed by atoms with Gasteiger partial charge in [0.25, 0.3) is 11.8 Å². The molecule has 3 aromatic rings. The molecule has 0 saturated carbocycles. The first kappa shape index (κ1) is 31.3. The Morgan fingerprint density at radius 1 is 1.11 bits per heavy atom. The molecule has 0 aliphatic carbocycles. The number of rotatable bonds is 8. The lowest BCUT2D eigenvalue weighted by atomic mass is 9.91. The number of halogens is 1. The predicted octanol–water partition coefficient (Wildman–Crippen LogP) is 3.07. The summed E-state index contributed by atoms with van der Waals surface area (Å²) in [5, 5.41) is 2.76. The largest absolute Gasteiger partial charge is 0.494 e. The molecule has 2 aromatic heterocycles. The number of anilines is 1. The van der Waals surface area contributed by atoms with Crippen molar-refractivity contribution >= 4 is 40.7 Å². The van der Waals surface area contributed by atoms with Gasteiger partial charge in [-0.1, -0.05) is 6.07 Å². The molecule has 2 fully saturated rings. The fourth-order valence-corrected chi connectivity index (χ4v) is 5.91.